The van der Waals surface area contributed by atoms with Gasteiger partial charge < -0.3 is 14.8 Å². The number of benzene rings is 3. The van der Waals surface area contributed by atoms with Gasteiger partial charge in [-0.15, -0.1) is 11.8 Å². The van der Waals surface area contributed by atoms with E-state index >= 15 is 0 Å². The molecule has 0 saturated carbocycles. The van der Waals surface area contributed by atoms with Crippen LogP contribution in [-0.2, 0) is 10.5 Å². The van der Waals surface area contributed by atoms with Crippen LogP contribution in [0.1, 0.15) is 22.8 Å². The Hall–Kier alpha value is -3.25. The van der Waals surface area contributed by atoms with Crippen molar-refractivity contribution in [2.75, 3.05) is 18.2 Å². The first kappa shape index (κ1) is 21.5. The lowest BCUT2D eigenvalue weighted by Crippen LogP contribution is -2.14. The van der Waals surface area contributed by atoms with Crippen LogP contribution in [0.2, 0.25) is 0 Å². The van der Waals surface area contributed by atoms with Crippen LogP contribution in [-0.4, -0.2) is 24.6 Å². The van der Waals surface area contributed by atoms with Gasteiger partial charge in [-0.25, -0.2) is 0 Å². The number of ketones is 1. The average Bonchev–Trinajstić information content (AvgIpc) is 2.75. The second-order valence-electron chi connectivity index (χ2n) is 6.54. The van der Waals surface area contributed by atoms with Crippen molar-refractivity contribution in [1.29, 1.82) is 0 Å². The van der Waals surface area contributed by atoms with E-state index in [1.807, 2.05) is 54.6 Å². The Balaban J connectivity index is 1.60. The van der Waals surface area contributed by atoms with E-state index in [1.54, 1.807) is 25.3 Å². The van der Waals surface area contributed by atoms with Crippen LogP contribution >= 0.6 is 11.8 Å². The summed E-state index contributed by atoms with van der Waals surface area (Å²) in [5.74, 6) is 2.66. The highest BCUT2D eigenvalue weighted by Crippen LogP contribution is 2.29. The molecule has 0 atom stereocenters. The molecule has 1 N–H and O–H groups in total. The number of thioether (sulfide) groups is 1. The summed E-state index contributed by atoms with van der Waals surface area (Å²) < 4.78 is 11.2. The first-order valence-electron chi connectivity index (χ1n) is 9.44. The maximum atomic E-state index is 12.5. The predicted molar refractivity (Wildman–Crippen MR) is 121 cm³/mol. The van der Waals surface area contributed by atoms with E-state index in [-0.39, 0.29) is 17.4 Å². The van der Waals surface area contributed by atoms with E-state index in [1.165, 1.54) is 18.7 Å². The van der Waals surface area contributed by atoms with Gasteiger partial charge in [0.05, 0.1) is 18.6 Å². The molecule has 30 heavy (non-hydrogen) atoms. The van der Waals surface area contributed by atoms with Gasteiger partial charge in [-0.1, -0.05) is 30.3 Å². The molecule has 0 fully saturated rings. The first-order valence-corrected chi connectivity index (χ1v) is 10.6. The molecule has 3 rings (SSSR count). The number of nitrogens with one attached hydrogen (secondary N) is 1. The van der Waals surface area contributed by atoms with Crippen LogP contribution in [0.4, 0.5) is 5.69 Å². The second kappa shape index (κ2) is 10.5. The summed E-state index contributed by atoms with van der Waals surface area (Å²) in [5.41, 5.74) is 2.13. The maximum Gasteiger partial charge on any atom is 0.234 e. The number of Topliss-reactive ketones (excluding diaryl/α,β-unsaturated/α-hetero) is 1. The average molecular weight is 422 g/mol. The molecule has 0 saturated heterocycles. The van der Waals surface area contributed by atoms with E-state index in [4.69, 9.17) is 9.47 Å². The monoisotopic (exact) mass is 421 g/mol. The molecular weight excluding hydrogens is 398 g/mol. The molecule has 0 bridgehead atoms. The first-order chi connectivity index (χ1) is 14.6. The van der Waals surface area contributed by atoms with Gasteiger partial charge in [0.2, 0.25) is 5.91 Å². The fourth-order valence-corrected chi connectivity index (χ4v) is 3.63. The Morgan fingerprint density at radius 3 is 2.40 bits per heavy atom. The zero-order valence-corrected chi connectivity index (χ0v) is 17.7. The van der Waals surface area contributed by atoms with Crippen molar-refractivity contribution in [3.63, 3.8) is 0 Å². The maximum absolute atomic E-state index is 12.5. The summed E-state index contributed by atoms with van der Waals surface area (Å²) in [7, 11) is 1.59. The molecule has 0 radical (unpaired) electrons. The van der Waals surface area contributed by atoms with E-state index in [2.05, 4.69) is 5.32 Å². The van der Waals surface area contributed by atoms with Gasteiger partial charge in [0.1, 0.15) is 11.5 Å². The van der Waals surface area contributed by atoms with Crippen molar-refractivity contribution in [3.05, 3.63) is 83.9 Å². The third-order valence-electron chi connectivity index (χ3n) is 4.31. The highest BCUT2D eigenvalue weighted by molar-refractivity contribution is 7.99. The van der Waals surface area contributed by atoms with Gasteiger partial charge in [0, 0.05) is 16.9 Å². The fourth-order valence-electron chi connectivity index (χ4n) is 2.82. The third-order valence-corrected chi connectivity index (χ3v) is 5.29. The van der Waals surface area contributed by atoms with Crippen LogP contribution in [0.15, 0.2) is 72.8 Å². The van der Waals surface area contributed by atoms with Crippen molar-refractivity contribution < 1.29 is 19.1 Å². The summed E-state index contributed by atoms with van der Waals surface area (Å²) in [4.78, 5) is 24.1. The van der Waals surface area contributed by atoms with Crippen LogP contribution < -0.4 is 14.8 Å². The number of anilines is 1. The molecule has 3 aromatic rings. The molecular formula is C24H23NO4S. The molecule has 1 amide bonds. The summed E-state index contributed by atoms with van der Waals surface area (Å²) in [6.07, 6.45) is 0. The number of methoxy groups -OCH3 is 1. The van der Waals surface area contributed by atoms with Gasteiger partial charge in [0.25, 0.3) is 0 Å². The van der Waals surface area contributed by atoms with Crippen LogP contribution in [0.25, 0.3) is 0 Å². The van der Waals surface area contributed by atoms with E-state index in [0.717, 1.165) is 5.56 Å². The fraction of sp³-hybridized carbons (Fsp3) is 0.167. The standard InChI is InChI=1S/C24H23NO4S/c1-17(26)18-12-13-22(28-2)19(14-18)15-30-16-24(27)25-21-10-6-7-11-23(21)29-20-8-4-3-5-9-20/h3-14H,15-16H2,1-2H3,(H,25,27). The van der Waals surface area contributed by atoms with Crippen LogP contribution in [0.3, 0.4) is 0 Å². The normalized spacial score (nSPS) is 10.3. The number of carbonyl (C=O) groups excluding carboxylic acids is 2. The number of para-hydroxylation sites is 3. The summed E-state index contributed by atoms with van der Waals surface area (Å²) in [6.45, 7) is 1.53. The number of carbonyl (C=O) groups is 2. The quantitative estimate of drug-likeness (QED) is 0.458. The molecule has 0 unspecified atom stereocenters. The molecule has 0 spiro atoms. The minimum atomic E-state index is -0.134. The lowest BCUT2D eigenvalue weighted by molar-refractivity contribution is -0.113. The highest BCUT2D eigenvalue weighted by atomic mass is 32.2. The summed E-state index contributed by atoms with van der Waals surface area (Å²) in [6, 6.07) is 22.1. The van der Waals surface area contributed by atoms with Gasteiger partial charge in [-0.05, 0) is 49.4 Å². The minimum Gasteiger partial charge on any atom is -0.496 e. The smallest absolute Gasteiger partial charge is 0.234 e. The Morgan fingerprint density at radius 2 is 1.67 bits per heavy atom. The van der Waals surface area contributed by atoms with Crippen molar-refractivity contribution >= 4 is 29.1 Å². The topological polar surface area (TPSA) is 64.6 Å². The van der Waals surface area contributed by atoms with Crippen molar-refractivity contribution in [3.8, 4) is 17.2 Å². The predicted octanol–water partition coefficient (Wildman–Crippen LogP) is 5.56. The molecule has 0 aliphatic heterocycles. The van der Waals surface area contributed by atoms with Gasteiger partial charge in [-0.2, -0.15) is 0 Å². The lowest BCUT2D eigenvalue weighted by Gasteiger charge is -2.13. The minimum absolute atomic E-state index is 0.00308. The Kier molecular flexibility index (Phi) is 7.51. The Bertz CT molecular complexity index is 1020. The Morgan fingerprint density at radius 1 is 0.933 bits per heavy atom. The zero-order chi connectivity index (χ0) is 21.3. The lowest BCUT2D eigenvalue weighted by atomic mass is 10.1. The van der Waals surface area contributed by atoms with E-state index < -0.39 is 0 Å². The molecule has 5 nitrogen and oxygen atoms in total. The van der Waals surface area contributed by atoms with Crippen molar-refractivity contribution in [2.45, 2.75) is 12.7 Å². The number of amides is 1. The molecule has 0 aliphatic rings. The number of rotatable bonds is 9. The zero-order valence-electron chi connectivity index (χ0n) is 16.9. The van der Waals surface area contributed by atoms with Crippen LogP contribution in [0.5, 0.6) is 17.2 Å². The molecule has 0 aliphatic carbocycles. The SMILES string of the molecule is COc1ccc(C(C)=O)cc1CSCC(=O)Nc1ccccc1Oc1ccccc1. The number of hydrogen-bond donors (Lipinski definition) is 1. The third kappa shape index (κ3) is 5.87. The second-order valence-corrected chi connectivity index (χ2v) is 7.52. The molecule has 3 aromatic carbocycles. The largest absolute Gasteiger partial charge is 0.496 e. The van der Waals surface area contributed by atoms with E-state index in [0.29, 0.717) is 34.3 Å². The van der Waals surface area contributed by atoms with Gasteiger partial charge >= 0.3 is 0 Å². The van der Waals surface area contributed by atoms with E-state index in [9.17, 15) is 9.59 Å². The molecule has 154 valence electrons. The number of hydrogen-bond acceptors (Lipinski definition) is 5. The highest BCUT2D eigenvalue weighted by Gasteiger charge is 2.11. The van der Waals surface area contributed by atoms with Crippen molar-refractivity contribution in [1.82, 2.24) is 0 Å². The van der Waals surface area contributed by atoms with Gasteiger partial charge in [-0.3, -0.25) is 9.59 Å². The Labute approximate surface area is 180 Å². The summed E-state index contributed by atoms with van der Waals surface area (Å²) in [5, 5.41) is 2.91. The molecule has 0 aromatic heterocycles. The van der Waals surface area contributed by atoms with Crippen LogP contribution in [0, 0.1) is 0 Å². The summed E-state index contributed by atoms with van der Waals surface area (Å²) >= 11 is 1.45. The molecule has 0 heterocycles. The number of ether oxygens (including phenoxy) is 2. The van der Waals surface area contributed by atoms with Gasteiger partial charge in [0.15, 0.2) is 11.5 Å². The molecule has 6 heteroatoms. The van der Waals surface area contributed by atoms with Crippen molar-refractivity contribution in [2.24, 2.45) is 0 Å².